The number of ether oxygens (including phenoxy) is 1. The lowest BCUT2D eigenvalue weighted by molar-refractivity contribution is -0.384. The summed E-state index contributed by atoms with van der Waals surface area (Å²) in [7, 11) is 1.53. The maximum absolute atomic E-state index is 13.0. The number of aliphatic hydroxyl groups is 1. The van der Waals surface area contributed by atoms with Gasteiger partial charge in [0.1, 0.15) is 11.5 Å². The Morgan fingerprint density at radius 2 is 1.82 bits per heavy atom. The molecule has 9 nitrogen and oxygen atoms in total. The average Bonchev–Trinajstić information content (AvgIpc) is 3.09. The lowest BCUT2D eigenvalue weighted by Crippen LogP contribution is -2.29. The van der Waals surface area contributed by atoms with Crippen LogP contribution in [0.4, 0.5) is 5.69 Å². The number of likely N-dealkylation sites (tertiary alicyclic amines) is 1. The molecule has 166 valence electrons. The Kier molecular flexibility index (Phi) is 5.86. The van der Waals surface area contributed by atoms with Crippen LogP contribution in [0.5, 0.6) is 5.75 Å². The minimum atomic E-state index is -0.869. The summed E-state index contributed by atoms with van der Waals surface area (Å²) in [6.07, 6.45) is 3.20. The van der Waals surface area contributed by atoms with Crippen molar-refractivity contribution in [1.29, 1.82) is 0 Å². The number of nitro groups is 1. The third kappa shape index (κ3) is 4.16. The first-order chi connectivity index (χ1) is 15.9. The number of hydrogen-bond acceptors (Lipinski definition) is 7. The number of non-ortho nitro benzene ring substituents is 1. The molecule has 2 heterocycles. The largest absolute Gasteiger partial charge is 0.507 e. The first-order valence-corrected chi connectivity index (χ1v) is 9.97. The number of rotatable bonds is 6. The van der Waals surface area contributed by atoms with Crippen molar-refractivity contribution in [3.05, 3.63) is 105 Å². The Bertz CT molecular complexity index is 1240. The zero-order chi connectivity index (χ0) is 23.5. The van der Waals surface area contributed by atoms with Gasteiger partial charge in [0.05, 0.1) is 23.6 Å². The molecule has 33 heavy (non-hydrogen) atoms. The molecule has 1 aromatic heterocycles. The number of carbonyl (C=O) groups excluding carboxylic acids is 2. The van der Waals surface area contributed by atoms with Gasteiger partial charge in [0.2, 0.25) is 0 Å². The molecular weight excluding hydrogens is 426 g/mol. The van der Waals surface area contributed by atoms with Crippen LogP contribution in [-0.4, -0.2) is 38.7 Å². The van der Waals surface area contributed by atoms with Gasteiger partial charge < -0.3 is 14.7 Å². The van der Waals surface area contributed by atoms with Crippen LogP contribution in [0.1, 0.15) is 22.7 Å². The van der Waals surface area contributed by atoms with E-state index in [-0.39, 0.29) is 23.4 Å². The normalized spacial score (nSPS) is 17.2. The fourth-order valence-corrected chi connectivity index (χ4v) is 3.76. The van der Waals surface area contributed by atoms with Crippen LogP contribution >= 0.6 is 0 Å². The summed E-state index contributed by atoms with van der Waals surface area (Å²) >= 11 is 0. The van der Waals surface area contributed by atoms with Crippen LogP contribution in [0.25, 0.3) is 5.76 Å². The predicted molar refractivity (Wildman–Crippen MR) is 118 cm³/mol. The SMILES string of the molecule is COc1ccc(C2/C(=C(/O)c3ccc([N+](=O)[O-])cc3)C(=O)C(=O)N2Cc2cccnc2)cc1. The van der Waals surface area contributed by atoms with E-state index in [9.17, 15) is 24.8 Å². The number of pyridine rings is 1. The van der Waals surface area contributed by atoms with Crippen LogP contribution in [0.15, 0.2) is 78.6 Å². The quantitative estimate of drug-likeness (QED) is 0.202. The standard InChI is InChI=1S/C24H19N3O6/c1-33-19-10-6-16(7-11-19)21-20(22(28)17-4-8-18(9-5-17)27(31)32)23(29)24(30)26(21)14-15-3-2-12-25-13-15/h2-13,21,28H,14H2,1H3/b22-20-. The lowest BCUT2D eigenvalue weighted by Gasteiger charge is -2.25. The van der Waals surface area contributed by atoms with E-state index in [1.807, 2.05) is 0 Å². The smallest absolute Gasteiger partial charge is 0.295 e. The van der Waals surface area contributed by atoms with Crippen molar-refractivity contribution < 1.29 is 24.4 Å². The van der Waals surface area contributed by atoms with Gasteiger partial charge in [-0.3, -0.25) is 24.7 Å². The van der Waals surface area contributed by atoms with Gasteiger partial charge in [0.15, 0.2) is 0 Å². The second kappa shape index (κ2) is 8.91. The van der Waals surface area contributed by atoms with Crippen LogP contribution in [0, 0.1) is 10.1 Å². The van der Waals surface area contributed by atoms with E-state index in [4.69, 9.17) is 4.74 Å². The van der Waals surface area contributed by atoms with Crippen molar-refractivity contribution >= 4 is 23.1 Å². The molecular formula is C24H19N3O6. The Labute approximate surface area is 188 Å². The lowest BCUT2D eigenvalue weighted by atomic mass is 9.95. The topological polar surface area (TPSA) is 123 Å². The van der Waals surface area contributed by atoms with E-state index in [0.717, 1.165) is 0 Å². The second-order valence-electron chi connectivity index (χ2n) is 7.37. The molecule has 9 heteroatoms. The molecule has 1 atom stereocenters. The number of amides is 1. The number of nitrogens with zero attached hydrogens (tertiary/aromatic N) is 3. The van der Waals surface area contributed by atoms with E-state index in [1.165, 1.54) is 36.3 Å². The fraction of sp³-hybridized carbons (Fsp3) is 0.125. The Morgan fingerprint density at radius 1 is 1.12 bits per heavy atom. The molecule has 0 radical (unpaired) electrons. The molecule has 0 bridgehead atoms. The number of hydrogen-bond donors (Lipinski definition) is 1. The minimum Gasteiger partial charge on any atom is -0.507 e. The van der Waals surface area contributed by atoms with Crippen LogP contribution in [0.2, 0.25) is 0 Å². The molecule has 1 saturated heterocycles. The molecule has 2 aromatic carbocycles. The highest BCUT2D eigenvalue weighted by Gasteiger charge is 2.46. The van der Waals surface area contributed by atoms with Crippen molar-refractivity contribution in [1.82, 2.24) is 9.88 Å². The van der Waals surface area contributed by atoms with Crippen molar-refractivity contribution in [2.24, 2.45) is 0 Å². The molecule has 1 unspecified atom stereocenters. The van der Waals surface area contributed by atoms with E-state index < -0.39 is 28.4 Å². The highest BCUT2D eigenvalue weighted by molar-refractivity contribution is 6.46. The van der Waals surface area contributed by atoms with Gasteiger partial charge in [-0.2, -0.15) is 0 Å². The maximum Gasteiger partial charge on any atom is 0.295 e. The number of aliphatic hydroxyl groups excluding tert-OH is 1. The Morgan fingerprint density at radius 3 is 2.39 bits per heavy atom. The zero-order valence-corrected chi connectivity index (χ0v) is 17.5. The molecule has 3 aromatic rings. The van der Waals surface area contributed by atoms with Crippen molar-refractivity contribution in [2.45, 2.75) is 12.6 Å². The fourth-order valence-electron chi connectivity index (χ4n) is 3.76. The summed E-state index contributed by atoms with van der Waals surface area (Å²) in [6, 6.07) is 14.6. The Balaban J connectivity index is 1.83. The maximum atomic E-state index is 13.0. The van der Waals surface area contributed by atoms with Gasteiger partial charge in [-0.05, 0) is 41.5 Å². The van der Waals surface area contributed by atoms with E-state index >= 15 is 0 Å². The van der Waals surface area contributed by atoms with Gasteiger partial charge >= 0.3 is 0 Å². The highest BCUT2D eigenvalue weighted by atomic mass is 16.6. The summed E-state index contributed by atoms with van der Waals surface area (Å²) in [4.78, 5) is 41.9. The van der Waals surface area contributed by atoms with Gasteiger partial charge in [-0.15, -0.1) is 0 Å². The summed E-state index contributed by atoms with van der Waals surface area (Å²) in [5.41, 5.74) is 1.26. The first kappa shape index (κ1) is 21.7. The summed E-state index contributed by atoms with van der Waals surface area (Å²) in [6.45, 7) is 0.103. The molecule has 0 saturated carbocycles. The van der Waals surface area contributed by atoms with Crippen molar-refractivity contribution in [3.8, 4) is 5.75 Å². The number of ketones is 1. The molecule has 0 aliphatic carbocycles. The number of Topliss-reactive ketones (excluding diaryl/α,β-unsaturated/α-hetero) is 1. The number of aromatic nitrogens is 1. The minimum absolute atomic E-state index is 0.0945. The molecule has 1 aliphatic heterocycles. The van der Waals surface area contributed by atoms with Gasteiger partial charge in [0.25, 0.3) is 17.4 Å². The molecule has 1 N–H and O–H groups in total. The second-order valence-corrected chi connectivity index (χ2v) is 7.37. The summed E-state index contributed by atoms with van der Waals surface area (Å²) < 4.78 is 5.20. The predicted octanol–water partition coefficient (Wildman–Crippen LogP) is 3.62. The van der Waals surface area contributed by atoms with Crippen LogP contribution in [-0.2, 0) is 16.1 Å². The van der Waals surface area contributed by atoms with Gasteiger partial charge in [-0.25, -0.2) is 0 Å². The highest BCUT2D eigenvalue weighted by Crippen LogP contribution is 2.40. The van der Waals surface area contributed by atoms with E-state index in [2.05, 4.69) is 4.98 Å². The van der Waals surface area contributed by atoms with Crippen molar-refractivity contribution in [2.75, 3.05) is 7.11 Å². The molecule has 1 aliphatic rings. The van der Waals surface area contributed by atoms with Crippen LogP contribution < -0.4 is 4.74 Å². The van der Waals surface area contributed by atoms with Gasteiger partial charge in [0, 0.05) is 36.6 Å². The summed E-state index contributed by atoms with van der Waals surface area (Å²) in [5.74, 6) is -1.41. The molecule has 0 spiro atoms. The monoisotopic (exact) mass is 445 g/mol. The van der Waals surface area contributed by atoms with Gasteiger partial charge in [-0.1, -0.05) is 18.2 Å². The average molecular weight is 445 g/mol. The van der Waals surface area contributed by atoms with Crippen LogP contribution in [0.3, 0.4) is 0 Å². The third-order valence-electron chi connectivity index (χ3n) is 5.40. The molecule has 1 fully saturated rings. The van der Waals surface area contributed by atoms with Crippen molar-refractivity contribution in [3.63, 3.8) is 0 Å². The molecule has 1 amide bonds. The number of methoxy groups -OCH3 is 1. The Hall–Kier alpha value is -4.53. The number of benzene rings is 2. The first-order valence-electron chi connectivity index (χ1n) is 9.97. The number of carbonyl (C=O) groups is 2. The van der Waals surface area contributed by atoms with E-state index in [0.29, 0.717) is 16.9 Å². The molecule has 4 rings (SSSR count). The third-order valence-corrected chi connectivity index (χ3v) is 5.40. The summed E-state index contributed by atoms with van der Waals surface area (Å²) in [5, 5.41) is 22.0. The van der Waals surface area contributed by atoms with E-state index in [1.54, 1.807) is 48.8 Å². The number of nitro benzene ring substituents is 1. The zero-order valence-electron chi connectivity index (χ0n) is 17.5.